The number of nitrogens with one attached hydrogen (secondary N) is 1. The zero-order valence-corrected chi connectivity index (χ0v) is 7.06. The van der Waals surface area contributed by atoms with E-state index in [1.54, 1.807) is 12.3 Å². The Morgan fingerprint density at radius 1 is 1.64 bits per heavy atom. The van der Waals surface area contributed by atoms with E-state index in [4.69, 9.17) is 5.11 Å². The number of aliphatic hydroxyl groups is 1. The number of halogens is 1. The topological polar surface area (TPSA) is 45.2 Å². The number of aliphatic hydroxyl groups excluding tert-OH is 1. The lowest BCUT2D eigenvalue weighted by molar-refractivity contribution is 0.277. The molecule has 62 valence electrons. The molecule has 0 radical (unpaired) electrons. The summed E-state index contributed by atoms with van der Waals surface area (Å²) in [4.78, 5) is 3.92. The second-order valence-electron chi connectivity index (χ2n) is 1.94. The predicted molar refractivity (Wildman–Crippen MR) is 47.0 cm³/mol. The average Bonchev–Trinajstić information content (AvgIpc) is 2.05. The van der Waals surface area contributed by atoms with Gasteiger partial charge in [0.05, 0.1) is 12.3 Å². The van der Waals surface area contributed by atoms with Gasteiger partial charge in [0.15, 0.2) is 0 Å². The summed E-state index contributed by atoms with van der Waals surface area (Å²) in [5.74, 6) is 0. The van der Waals surface area contributed by atoms with Crippen molar-refractivity contribution in [3.63, 3.8) is 0 Å². The molecule has 0 aliphatic carbocycles. The lowest BCUT2D eigenvalue weighted by Gasteiger charge is -1.99. The molecule has 1 aromatic rings. The zero-order valence-electron chi connectivity index (χ0n) is 6.24. The summed E-state index contributed by atoms with van der Waals surface area (Å²) in [6.45, 7) is -0.00444. The molecule has 0 aliphatic heterocycles. The normalized spacial score (nSPS) is 8.55. The van der Waals surface area contributed by atoms with Crippen LogP contribution in [0.2, 0.25) is 0 Å². The van der Waals surface area contributed by atoms with Gasteiger partial charge in [0.2, 0.25) is 0 Å². The van der Waals surface area contributed by atoms with Gasteiger partial charge in [-0.2, -0.15) is 0 Å². The molecule has 0 saturated carbocycles. The van der Waals surface area contributed by atoms with E-state index in [2.05, 4.69) is 10.3 Å². The molecule has 0 unspecified atom stereocenters. The summed E-state index contributed by atoms with van der Waals surface area (Å²) >= 11 is 0. The van der Waals surface area contributed by atoms with E-state index in [-0.39, 0.29) is 19.0 Å². The summed E-state index contributed by atoms with van der Waals surface area (Å²) in [6.07, 6.45) is 1.66. The molecule has 0 aromatic carbocycles. The second kappa shape index (κ2) is 4.93. The molecule has 0 amide bonds. The van der Waals surface area contributed by atoms with E-state index >= 15 is 0 Å². The molecule has 0 atom stereocenters. The minimum Gasteiger partial charge on any atom is -0.390 e. The molecule has 0 spiro atoms. The van der Waals surface area contributed by atoms with Gasteiger partial charge in [0, 0.05) is 18.9 Å². The minimum atomic E-state index is -0.00444. The largest absolute Gasteiger partial charge is 0.390 e. The van der Waals surface area contributed by atoms with Crippen molar-refractivity contribution in [1.29, 1.82) is 0 Å². The van der Waals surface area contributed by atoms with E-state index in [1.165, 1.54) is 0 Å². The first-order chi connectivity index (χ1) is 4.86. The van der Waals surface area contributed by atoms with Crippen molar-refractivity contribution in [2.75, 3.05) is 12.4 Å². The van der Waals surface area contributed by atoms with Crippen molar-refractivity contribution in [3.05, 3.63) is 24.0 Å². The van der Waals surface area contributed by atoms with Gasteiger partial charge in [-0.15, -0.1) is 12.4 Å². The van der Waals surface area contributed by atoms with Crippen LogP contribution in [0.15, 0.2) is 18.3 Å². The fraction of sp³-hybridized carbons (Fsp3) is 0.286. The number of hydrogen-bond acceptors (Lipinski definition) is 3. The highest BCUT2D eigenvalue weighted by atomic mass is 35.5. The van der Waals surface area contributed by atoms with Crippen LogP contribution in [0.25, 0.3) is 0 Å². The van der Waals surface area contributed by atoms with Crippen LogP contribution in [0.5, 0.6) is 0 Å². The molecule has 0 aliphatic rings. The van der Waals surface area contributed by atoms with E-state index in [9.17, 15) is 0 Å². The van der Waals surface area contributed by atoms with Crippen LogP contribution in [0.3, 0.4) is 0 Å². The summed E-state index contributed by atoms with van der Waals surface area (Å²) in [6, 6.07) is 3.65. The van der Waals surface area contributed by atoms with Gasteiger partial charge in [-0.1, -0.05) is 0 Å². The third kappa shape index (κ3) is 2.74. The Morgan fingerprint density at radius 3 is 2.91 bits per heavy atom. The van der Waals surface area contributed by atoms with Crippen LogP contribution in [-0.4, -0.2) is 17.1 Å². The molecule has 0 fully saturated rings. The first-order valence-electron chi connectivity index (χ1n) is 3.10. The average molecular weight is 175 g/mol. The van der Waals surface area contributed by atoms with Crippen LogP contribution < -0.4 is 5.32 Å². The third-order valence-electron chi connectivity index (χ3n) is 1.27. The lowest BCUT2D eigenvalue weighted by atomic mass is 10.3. The standard InChI is InChI=1S/C7H10N2O.ClH/c1-8-6-2-3-9-7(4-6)5-10;/h2-4,10H,5H2,1H3,(H,8,9);1H. The molecule has 4 heteroatoms. The van der Waals surface area contributed by atoms with Crippen LogP contribution in [-0.2, 0) is 6.61 Å². The van der Waals surface area contributed by atoms with Gasteiger partial charge >= 0.3 is 0 Å². The van der Waals surface area contributed by atoms with Crippen molar-refractivity contribution in [2.24, 2.45) is 0 Å². The Labute approximate surface area is 71.9 Å². The first kappa shape index (κ1) is 10.2. The molecule has 1 rings (SSSR count). The van der Waals surface area contributed by atoms with Gasteiger partial charge in [0.1, 0.15) is 0 Å². The van der Waals surface area contributed by atoms with E-state index in [1.807, 2.05) is 13.1 Å². The quantitative estimate of drug-likeness (QED) is 0.704. The van der Waals surface area contributed by atoms with Crippen molar-refractivity contribution < 1.29 is 5.11 Å². The number of anilines is 1. The summed E-state index contributed by atoms with van der Waals surface area (Å²) < 4.78 is 0. The molecular formula is C7H11ClN2O. The number of aromatic nitrogens is 1. The van der Waals surface area contributed by atoms with Gasteiger partial charge in [-0.05, 0) is 12.1 Å². The van der Waals surface area contributed by atoms with Gasteiger partial charge in [0.25, 0.3) is 0 Å². The Hall–Kier alpha value is -0.800. The molecule has 1 heterocycles. The van der Waals surface area contributed by atoms with Crippen LogP contribution in [0.4, 0.5) is 5.69 Å². The fourth-order valence-corrected chi connectivity index (χ4v) is 0.720. The number of rotatable bonds is 2. The van der Waals surface area contributed by atoms with Gasteiger partial charge in [-0.3, -0.25) is 4.98 Å². The highest BCUT2D eigenvalue weighted by molar-refractivity contribution is 5.85. The Kier molecular flexibility index (Phi) is 4.57. The van der Waals surface area contributed by atoms with E-state index in [0.717, 1.165) is 5.69 Å². The van der Waals surface area contributed by atoms with E-state index < -0.39 is 0 Å². The molecule has 11 heavy (non-hydrogen) atoms. The maximum Gasteiger partial charge on any atom is 0.0853 e. The highest BCUT2D eigenvalue weighted by Gasteiger charge is 1.91. The highest BCUT2D eigenvalue weighted by Crippen LogP contribution is 2.05. The predicted octanol–water partition coefficient (Wildman–Crippen LogP) is 1.04. The Bertz CT molecular complexity index is 198. The minimum absolute atomic E-state index is 0. The van der Waals surface area contributed by atoms with Crippen LogP contribution >= 0.6 is 12.4 Å². The van der Waals surface area contributed by atoms with E-state index in [0.29, 0.717) is 5.69 Å². The number of hydrogen-bond donors (Lipinski definition) is 2. The second-order valence-corrected chi connectivity index (χ2v) is 1.94. The van der Waals surface area contributed by atoms with Crippen molar-refractivity contribution in [2.45, 2.75) is 6.61 Å². The third-order valence-corrected chi connectivity index (χ3v) is 1.27. The summed E-state index contributed by atoms with van der Waals surface area (Å²) in [7, 11) is 1.83. The molecule has 1 aromatic heterocycles. The zero-order chi connectivity index (χ0) is 7.40. The van der Waals surface area contributed by atoms with Gasteiger partial charge in [-0.25, -0.2) is 0 Å². The van der Waals surface area contributed by atoms with Crippen molar-refractivity contribution in [1.82, 2.24) is 4.98 Å². The SMILES string of the molecule is CNc1ccnc(CO)c1.Cl. The Balaban J connectivity index is 0.000001000. The van der Waals surface area contributed by atoms with Crippen LogP contribution in [0, 0.1) is 0 Å². The Morgan fingerprint density at radius 2 is 2.36 bits per heavy atom. The molecular weight excluding hydrogens is 164 g/mol. The van der Waals surface area contributed by atoms with Crippen molar-refractivity contribution in [3.8, 4) is 0 Å². The molecule has 3 nitrogen and oxygen atoms in total. The molecule has 0 saturated heterocycles. The number of pyridine rings is 1. The molecule has 0 bridgehead atoms. The lowest BCUT2D eigenvalue weighted by Crippen LogP contribution is -1.92. The first-order valence-corrected chi connectivity index (χ1v) is 3.10. The monoisotopic (exact) mass is 174 g/mol. The smallest absolute Gasteiger partial charge is 0.0853 e. The fourth-order valence-electron chi connectivity index (χ4n) is 0.720. The number of nitrogens with zero attached hydrogens (tertiary/aromatic N) is 1. The van der Waals surface area contributed by atoms with Gasteiger partial charge < -0.3 is 10.4 Å². The van der Waals surface area contributed by atoms with Crippen molar-refractivity contribution >= 4 is 18.1 Å². The maximum atomic E-state index is 8.67. The van der Waals surface area contributed by atoms with Crippen LogP contribution in [0.1, 0.15) is 5.69 Å². The summed E-state index contributed by atoms with van der Waals surface area (Å²) in [5, 5.41) is 11.6. The molecule has 2 N–H and O–H groups in total. The maximum absolute atomic E-state index is 8.67. The summed E-state index contributed by atoms with van der Waals surface area (Å²) in [5.41, 5.74) is 1.66.